The molecule has 1 aliphatic rings. The van der Waals surface area contributed by atoms with Gasteiger partial charge in [-0.25, -0.2) is 4.98 Å². The Bertz CT molecular complexity index is 507. The number of thioether (sulfide) groups is 1. The van der Waals surface area contributed by atoms with Crippen molar-refractivity contribution in [1.29, 1.82) is 0 Å². The van der Waals surface area contributed by atoms with Crippen molar-refractivity contribution < 1.29 is 9.53 Å². The molecule has 0 aliphatic carbocycles. The van der Waals surface area contributed by atoms with E-state index in [9.17, 15) is 4.79 Å². The maximum absolute atomic E-state index is 12.0. The first-order chi connectivity index (χ1) is 10.5. The molecule has 0 bridgehead atoms. The van der Waals surface area contributed by atoms with Gasteiger partial charge in [0.1, 0.15) is 5.03 Å². The highest BCUT2D eigenvalue weighted by molar-refractivity contribution is 8.00. The smallest absolute Gasteiger partial charge is 0.230 e. The van der Waals surface area contributed by atoms with E-state index in [2.05, 4.69) is 29.0 Å². The van der Waals surface area contributed by atoms with Crippen molar-refractivity contribution in [3.05, 3.63) is 23.4 Å². The van der Waals surface area contributed by atoms with Crippen molar-refractivity contribution in [1.82, 2.24) is 15.2 Å². The largest absolute Gasteiger partial charge is 0.379 e. The molecule has 1 aliphatic heterocycles. The zero-order valence-electron chi connectivity index (χ0n) is 13.0. The van der Waals surface area contributed by atoms with E-state index in [1.807, 2.05) is 0 Å². The number of morpholine rings is 1. The zero-order valence-corrected chi connectivity index (χ0v) is 14.5. The summed E-state index contributed by atoms with van der Waals surface area (Å²) in [6.07, 6.45) is 1.67. The van der Waals surface area contributed by atoms with E-state index < -0.39 is 0 Å². The summed E-state index contributed by atoms with van der Waals surface area (Å²) in [5, 5.41) is 4.26. The topological polar surface area (TPSA) is 54.5 Å². The fraction of sp³-hybridized carbons (Fsp3) is 0.600. The molecule has 1 aromatic rings. The van der Waals surface area contributed by atoms with Gasteiger partial charge in [-0.2, -0.15) is 0 Å². The maximum Gasteiger partial charge on any atom is 0.230 e. The molecule has 5 nitrogen and oxygen atoms in total. The Hall–Kier alpha value is -0.820. The van der Waals surface area contributed by atoms with Gasteiger partial charge in [0.05, 0.1) is 24.0 Å². The fourth-order valence-corrected chi connectivity index (χ4v) is 3.25. The van der Waals surface area contributed by atoms with Gasteiger partial charge >= 0.3 is 0 Å². The molecule has 2 rings (SSSR count). The predicted molar refractivity (Wildman–Crippen MR) is 89.5 cm³/mol. The summed E-state index contributed by atoms with van der Waals surface area (Å²) in [7, 11) is 0. The SMILES string of the molecule is CC(C)(CNC(=O)CSc1ncccc1Cl)N1CCOCC1. The van der Waals surface area contributed by atoms with Crippen LogP contribution in [0.2, 0.25) is 5.02 Å². The molecule has 0 spiro atoms. The van der Waals surface area contributed by atoms with E-state index in [4.69, 9.17) is 16.3 Å². The Morgan fingerprint density at radius 1 is 1.50 bits per heavy atom. The number of aromatic nitrogens is 1. The first-order valence-corrected chi connectivity index (χ1v) is 8.68. The summed E-state index contributed by atoms with van der Waals surface area (Å²) in [6.45, 7) is 8.21. The first-order valence-electron chi connectivity index (χ1n) is 7.32. The predicted octanol–water partition coefficient (Wildman–Crippen LogP) is 2.05. The van der Waals surface area contributed by atoms with Gasteiger partial charge in [0, 0.05) is 31.4 Å². The quantitative estimate of drug-likeness (QED) is 0.801. The number of nitrogens with one attached hydrogen (secondary N) is 1. The molecule has 122 valence electrons. The van der Waals surface area contributed by atoms with Crippen LogP contribution in [0.15, 0.2) is 23.4 Å². The molecule has 0 radical (unpaired) electrons. The number of carbonyl (C=O) groups excluding carboxylic acids is 1. The maximum atomic E-state index is 12.0. The number of nitrogens with zero attached hydrogens (tertiary/aromatic N) is 2. The fourth-order valence-electron chi connectivity index (χ4n) is 2.26. The molecular formula is C15H22ClN3O2S. The van der Waals surface area contributed by atoms with E-state index in [1.54, 1.807) is 18.3 Å². The third-order valence-electron chi connectivity index (χ3n) is 3.65. The molecule has 2 heterocycles. The average molecular weight is 344 g/mol. The summed E-state index contributed by atoms with van der Waals surface area (Å²) in [4.78, 5) is 18.5. The van der Waals surface area contributed by atoms with Crippen LogP contribution >= 0.6 is 23.4 Å². The number of carbonyl (C=O) groups is 1. The third kappa shape index (κ3) is 5.12. The van der Waals surface area contributed by atoms with Crippen molar-refractivity contribution in [3.63, 3.8) is 0 Å². The van der Waals surface area contributed by atoms with Crippen LogP contribution in [0.5, 0.6) is 0 Å². The van der Waals surface area contributed by atoms with E-state index in [1.165, 1.54) is 11.8 Å². The van der Waals surface area contributed by atoms with Crippen molar-refractivity contribution >= 4 is 29.3 Å². The van der Waals surface area contributed by atoms with Crippen LogP contribution in [0.3, 0.4) is 0 Å². The number of rotatable bonds is 6. The number of ether oxygens (including phenoxy) is 1. The van der Waals surface area contributed by atoms with E-state index in [-0.39, 0.29) is 11.4 Å². The van der Waals surface area contributed by atoms with Crippen LogP contribution in [0.4, 0.5) is 0 Å². The van der Waals surface area contributed by atoms with Gasteiger partial charge in [-0.3, -0.25) is 9.69 Å². The van der Waals surface area contributed by atoms with Crippen LogP contribution in [0, 0.1) is 0 Å². The molecule has 0 unspecified atom stereocenters. The van der Waals surface area contributed by atoms with Gasteiger partial charge in [0.25, 0.3) is 0 Å². The van der Waals surface area contributed by atoms with E-state index in [0.29, 0.717) is 22.3 Å². The molecule has 0 aromatic carbocycles. The minimum atomic E-state index is -0.0766. The second-order valence-corrected chi connectivity index (χ2v) is 7.14. The molecule has 1 fully saturated rings. The van der Waals surface area contributed by atoms with E-state index >= 15 is 0 Å². The zero-order chi connectivity index (χ0) is 16.0. The molecule has 7 heteroatoms. The Morgan fingerprint density at radius 3 is 2.91 bits per heavy atom. The Morgan fingerprint density at radius 2 is 2.23 bits per heavy atom. The average Bonchev–Trinajstić information content (AvgIpc) is 2.53. The molecule has 1 saturated heterocycles. The molecular weight excluding hydrogens is 322 g/mol. The lowest BCUT2D eigenvalue weighted by molar-refractivity contribution is -0.119. The summed E-state index contributed by atoms with van der Waals surface area (Å²) in [5.41, 5.74) is -0.0766. The van der Waals surface area contributed by atoms with Gasteiger partial charge in [0.2, 0.25) is 5.91 Å². The molecule has 1 N–H and O–H groups in total. The lowest BCUT2D eigenvalue weighted by Crippen LogP contribution is -2.55. The second-order valence-electron chi connectivity index (χ2n) is 5.77. The molecule has 1 aromatic heterocycles. The van der Waals surface area contributed by atoms with Crippen molar-refractivity contribution in [2.45, 2.75) is 24.4 Å². The number of hydrogen-bond donors (Lipinski definition) is 1. The number of pyridine rings is 1. The first kappa shape index (κ1) is 17.5. The molecule has 0 saturated carbocycles. The van der Waals surface area contributed by atoms with Gasteiger partial charge in [0.15, 0.2) is 0 Å². The summed E-state index contributed by atoms with van der Waals surface area (Å²) < 4.78 is 5.37. The lowest BCUT2D eigenvalue weighted by Gasteiger charge is -2.40. The number of amides is 1. The normalized spacial score (nSPS) is 16.5. The summed E-state index contributed by atoms with van der Waals surface area (Å²) in [6, 6.07) is 3.55. The highest BCUT2D eigenvalue weighted by atomic mass is 35.5. The van der Waals surface area contributed by atoms with Gasteiger partial charge in [-0.15, -0.1) is 0 Å². The highest BCUT2D eigenvalue weighted by Gasteiger charge is 2.28. The van der Waals surface area contributed by atoms with Crippen LogP contribution in [-0.4, -0.2) is 59.9 Å². The molecule has 1 amide bonds. The monoisotopic (exact) mass is 343 g/mol. The van der Waals surface area contributed by atoms with Crippen molar-refractivity contribution in [2.24, 2.45) is 0 Å². The van der Waals surface area contributed by atoms with E-state index in [0.717, 1.165) is 26.3 Å². The third-order valence-corrected chi connectivity index (χ3v) is 5.07. The van der Waals surface area contributed by atoms with Crippen LogP contribution < -0.4 is 5.32 Å². The van der Waals surface area contributed by atoms with Crippen molar-refractivity contribution in [2.75, 3.05) is 38.6 Å². The highest BCUT2D eigenvalue weighted by Crippen LogP contribution is 2.23. The van der Waals surface area contributed by atoms with Gasteiger partial charge < -0.3 is 10.1 Å². The van der Waals surface area contributed by atoms with Crippen LogP contribution in [0.1, 0.15) is 13.8 Å². The van der Waals surface area contributed by atoms with Crippen LogP contribution in [-0.2, 0) is 9.53 Å². The minimum Gasteiger partial charge on any atom is -0.379 e. The van der Waals surface area contributed by atoms with Crippen LogP contribution in [0.25, 0.3) is 0 Å². The number of hydrogen-bond acceptors (Lipinski definition) is 5. The Kier molecular flexibility index (Phi) is 6.50. The lowest BCUT2D eigenvalue weighted by atomic mass is 10.0. The second kappa shape index (κ2) is 8.15. The number of halogens is 1. The molecule has 0 atom stereocenters. The van der Waals surface area contributed by atoms with Gasteiger partial charge in [-0.05, 0) is 26.0 Å². The van der Waals surface area contributed by atoms with Crippen molar-refractivity contribution in [3.8, 4) is 0 Å². The Labute approximate surface area is 140 Å². The summed E-state index contributed by atoms with van der Waals surface area (Å²) >= 11 is 7.38. The van der Waals surface area contributed by atoms with Gasteiger partial charge in [-0.1, -0.05) is 23.4 Å². The molecule has 22 heavy (non-hydrogen) atoms. The standard InChI is InChI=1S/C15H22ClN3O2S/c1-15(2,19-6-8-21-9-7-19)11-18-13(20)10-22-14-12(16)4-3-5-17-14/h3-5H,6-11H2,1-2H3,(H,18,20). The summed E-state index contributed by atoms with van der Waals surface area (Å²) in [5.74, 6) is 0.309. The Balaban J connectivity index is 1.76. The minimum absolute atomic E-state index is 0.00643.